The summed E-state index contributed by atoms with van der Waals surface area (Å²) in [4.78, 5) is 23.9. The number of rotatable bonds is 5. The van der Waals surface area contributed by atoms with Crippen molar-refractivity contribution < 1.29 is 36.6 Å². The largest absolute Gasteiger partial charge is 0.450 e. The second kappa shape index (κ2) is 7.08. The first kappa shape index (κ1) is 19.3. The van der Waals surface area contributed by atoms with Crippen molar-refractivity contribution in [3.05, 3.63) is 36.1 Å². The van der Waals surface area contributed by atoms with E-state index in [0.717, 1.165) is 37.8 Å². The topological polar surface area (TPSA) is 147 Å². The van der Waals surface area contributed by atoms with Gasteiger partial charge in [-0.2, -0.15) is 0 Å². The molecule has 11 heteroatoms. The number of primary sulfonamides is 1. The summed E-state index contributed by atoms with van der Waals surface area (Å²) in [5.41, 5.74) is 0.456. The van der Waals surface area contributed by atoms with E-state index in [1.807, 2.05) is 0 Å². The van der Waals surface area contributed by atoms with Gasteiger partial charge in [0.1, 0.15) is 0 Å². The first-order valence-electron chi connectivity index (χ1n) is 8.86. The Morgan fingerprint density at radius 3 is 2.52 bits per heavy atom. The summed E-state index contributed by atoms with van der Waals surface area (Å²) in [6, 6.07) is 7.13. The summed E-state index contributed by atoms with van der Waals surface area (Å²) in [5.74, 6) is -1.39. The number of esters is 1. The van der Waals surface area contributed by atoms with E-state index in [4.69, 9.17) is 23.8 Å². The Labute approximate surface area is 166 Å². The van der Waals surface area contributed by atoms with Gasteiger partial charge < -0.3 is 23.9 Å². The fourth-order valence-corrected chi connectivity index (χ4v) is 3.74. The van der Waals surface area contributed by atoms with Crippen LogP contribution in [-0.4, -0.2) is 32.7 Å². The Balaban J connectivity index is 1.33. The van der Waals surface area contributed by atoms with E-state index in [0.29, 0.717) is 17.2 Å². The maximum absolute atomic E-state index is 12.1. The number of benzene rings is 1. The van der Waals surface area contributed by atoms with Crippen molar-refractivity contribution in [1.29, 1.82) is 0 Å². The molecule has 4 rings (SSSR count). The van der Waals surface area contributed by atoms with Crippen LogP contribution in [0.2, 0.25) is 0 Å². The quantitative estimate of drug-likeness (QED) is 0.693. The molecule has 29 heavy (non-hydrogen) atoms. The van der Waals surface area contributed by atoms with Crippen LogP contribution in [0.5, 0.6) is 11.5 Å². The number of hydrogen-bond acceptors (Lipinski definition) is 8. The lowest BCUT2D eigenvalue weighted by Gasteiger charge is -2.21. The van der Waals surface area contributed by atoms with Crippen LogP contribution in [0.25, 0.3) is 0 Å². The van der Waals surface area contributed by atoms with Gasteiger partial charge in [-0.3, -0.25) is 4.79 Å². The molecule has 1 aromatic heterocycles. The molecule has 3 N–H and O–H groups in total. The summed E-state index contributed by atoms with van der Waals surface area (Å²) >= 11 is 0. The SMILES string of the molecule is NS(=O)(=O)c1ccc(C(=O)OCC(=O)Nc2ccc3c(c2)OC2(CCCC2)O3)o1. The number of nitrogens with one attached hydrogen (secondary N) is 1. The number of furan rings is 1. The molecule has 1 aliphatic carbocycles. The zero-order valence-corrected chi connectivity index (χ0v) is 16.0. The van der Waals surface area contributed by atoms with Gasteiger partial charge in [-0.25, -0.2) is 18.4 Å². The third-order valence-corrected chi connectivity index (χ3v) is 5.36. The Hall–Kier alpha value is -3.05. The zero-order chi connectivity index (χ0) is 20.6. The molecule has 1 saturated carbocycles. The number of ether oxygens (including phenoxy) is 3. The maximum Gasteiger partial charge on any atom is 0.374 e. The Kier molecular flexibility index (Phi) is 4.71. The highest BCUT2D eigenvalue weighted by atomic mass is 32.2. The molecule has 10 nitrogen and oxygen atoms in total. The van der Waals surface area contributed by atoms with Crippen molar-refractivity contribution in [2.24, 2.45) is 5.14 Å². The number of sulfonamides is 1. The summed E-state index contributed by atoms with van der Waals surface area (Å²) < 4.78 is 43.8. The van der Waals surface area contributed by atoms with E-state index >= 15 is 0 Å². The number of amides is 1. The average Bonchev–Trinajstić information content (AvgIpc) is 3.38. The lowest BCUT2D eigenvalue weighted by Crippen LogP contribution is -2.34. The minimum Gasteiger partial charge on any atom is -0.450 e. The van der Waals surface area contributed by atoms with Crippen LogP contribution in [0.3, 0.4) is 0 Å². The molecule has 2 aliphatic rings. The van der Waals surface area contributed by atoms with Gasteiger partial charge in [0.05, 0.1) is 0 Å². The minimum absolute atomic E-state index is 0.383. The first-order chi connectivity index (χ1) is 13.7. The molecule has 1 aromatic carbocycles. The van der Waals surface area contributed by atoms with Crippen molar-refractivity contribution in [2.45, 2.75) is 36.6 Å². The van der Waals surface area contributed by atoms with Crippen LogP contribution < -0.4 is 19.9 Å². The van der Waals surface area contributed by atoms with Crippen LogP contribution >= 0.6 is 0 Å². The number of anilines is 1. The van der Waals surface area contributed by atoms with Gasteiger partial charge in [0.2, 0.25) is 10.9 Å². The third-order valence-electron chi connectivity index (χ3n) is 4.58. The monoisotopic (exact) mass is 422 g/mol. The van der Waals surface area contributed by atoms with Gasteiger partial charge in [0.25, 0.3) is 21.7 Å². The maximum atomic E-state index is 12.1. The Bertz CT molecular complexity index is 1070. The van der Waals surface area contributed by atoms with Crippen LogP contribution in [0.1, 0.15) is 36.2 Å². The van der Waals surface area contributed by atoms with E-state index in [1.165, 1.54) is 0 Å². The van der Waals surface area contributed by atoms with Crippen molar-refractivity contribution in [1.82, 2.24) is 0 Å². The van der Waals surface area contributed by atoms with Crippen molar-refractivity contribution >= 4 is 27.6 Å². The summed E-state index contributed by atoms with van der Waals surface area (Å²) in [6.45, 7) is -0.595. The molecule has 0 bridgehead atoms. The molecule has 2 heterocycles. The van der Waals surface area contributed by atoms with E-state index < -0.39 is 39.4 Å². The highest BCUT2D eigenvalue weighted by molar-refractivity contribution is 7.89. The standard InChI is InChI=1S/C18H18N2O8S/c19-29(23,24)16-6-5-13(26-16)17(22)25-10-15(21)20-11-3-4-12-14(9-11)28-18(27-12)7-1-2-8-18/h3-6,9H,1-2,7-8,10H2,(H,20,21)(H2,19,23,24). The Morgan fingerprint density at radius 1 is 1.10 bits per heavy atom. The highest BCUT2D eigenvalue weighted by Gasteiger charge is 2.44. The summed E-state index contributed by atoms with van der Waals surface area (Å²) in [7, 11) is -4.08. The van der Waals surface area contributed by atoms with Crippen molar-refractivity contribution in [2.75, 3.05) is 11.9 Å². The van der Waals surface area contributed by atoms with Gasteiger partial charge in [-0.05, 0) is 37.1 Å². The van der Waals surface area contributed by atoms with Gasteiger partial charge in [-0.1, -0.05) is 0 Å². The highest BCUT2D eigenvalue weighted by Crippen LogP contribution is 2.47. The predicted octanol–water partition coefficient (Wildman–Crippen LogP) is 1.76. The molecule has 1 spiro atoms. The van der Waals surface area contributed by atoms with Crippen LogP contribution in [0.4, 0.5) is 5.69 Å². The number of carbonyl (C=O) groups is 2. The van der Waals surface area contributed by atoms with E-state index in [2.05, 4.69) is 5.32 Å². The molecular formula is C18H18N2O8S. The molecule has 1 amide bonds. The van der Waals surface area contributed by atoms with Crippen molar-refractivity contribution in [3.8, 4) is 11.5 Å². The van der Waals surface area contributed by atoms with E-state index in [1.54, 1.807) is 18.2 Å². The molecule has 0 radical (unpaired) electrons. The third kappa shape index (κ3) is 4.05. The average molecular weight is 422 g/mol. The molecule has 0 saturated heterocycles. The fraction of sp³-hybridized carbons (Fsp3) is 0.333. The molecule has 0 unspecified atom stereocenters. The predicted molar refractivity (Wildman–Crippen MR) is 97.9 cm³/mol. The number of carbonyl (C=O) groups excluding carboxylic acids is 2. The first-order valence-corrected chi connectivity index (χ1v) is 10.4. The van der Waals surface area contributed by atoms with Gasteiger partial charge in [0.15, 0.2) is 18.1 Å². The van der Waals surface area contributed by atoms with Crippen LogP contribution in [-0.2, 0) is 19.6 Å². The smallest absolute Gasteiger partial charge is 0.374 e. The lowest BCUT2D eigenvalue weighted by molar-refractivity contribution is -0.119. The molecule has 1 aliphatic heterocycles. The molecule has 0 atom stereocenters. The fourth-order valence-electron chi connectivity index (χ4n) is 3.27. The second-order valence-electron chi connectivity index (χ2n) is 6.77. The van der Waals surface area contributed by atoms with E-state index in [9.17, 15) is 18.0 Å². The van der Waals surface area contributed by atoms with E-state index in [-0.39, 0.29) is 5.76 Å². The van der Waals surface area contributed by atoms with Crippen LogP contribution in [0.15, 0.2) is 39.8 Å². The number of nitrogens with two attached hydrogens (primary N) is 1. The van der Waals surface area contributed by atoms with Gasteiger partial charge in [-0.15, -0.1) is 0 Å². The summed E-state index contributed by atoms with van der Waals surface area (Å²) in [6.07, 6.45) is 3.72. The molecule has 1 fully saturated rings. The van der Waals surface area contributed by atoms with Gasteiger partial charge in [0, 0.05) is 24.6 Å². The number of fused-ring (bicyclic) bond motifs is 1. The molecule has 154 valence electrons. The molecular weight excluding hydrogens is 404 g/mol. The number of hydrogen-bond donors (Lipinski definition) is 2. The minimum atomic E-state index is -4.08. The van der Waals surface area contributed by atoms with Gasteiger partial charge >= 0.3 is 5.97 Å². The summed E-state index contributed by atoms with van der Waals surface area (Å²) in [5, 5.41) is 6.91. The molecule has 2 aromatic rings. The van der Waals surface area contributed by atoms with Crippen molar-refractivity contribution in [3.63, 3.8) is 0 Å². The second-order valence-corrected chi connectivity index (χ2v) is 8.26. The zero-order valence-electron chi connectivity index (χ0n) is 15.2. The Morgan fingerprint density at radius 2 is 1.83 bits per heavy atom. The lowest BCUT2D eigenvalue weighted by atomic mass is 10.2. The normalized spacial score (nSPS) is 16.7. The van der Waals surface area contributed by atoms with Crippen LogP contribution in [0, 0.1) is 0 Å².